The molecule has 0 amide bonds. The molecule has 96 valence electrons. The fourth-order valence-corrected chi connectivity index (χ4v) is 3.44. The maximum absolute atomic E-state index is 11.4. The fraction of sp³-hybridized carbons (Fsp3) is 0.571. The van der Waals surface area contributed by atoms with Crippen molar-refractivity contribution in [3.63, 3.8) is 0 Å². The Balaban J connectivity index is 1.82. The van der Waals surface area contributed by atoms with Gasteiger partial charge in [-0.3, -0.25) is 4.79 Å². The van der Waals surface area contributed by atoms with Crippen molar-refractivity contribution in [2.45, 2.75) is 31.3 Å². The van der Waals surface area contributed by atoms with Crippen LogP contribution < -0.4 is 4.74 Å². The molecule has 2 saturated carbocycles. The number of aliphatic hydroxyl groups is 1. The quantitative estimate of drug-likeness (QED) is 0.863. The highest BCUT2D eigenvalue weighted by Gasteiger charge is 2.49. The summed E-state index contributed by atoms with van der Waals surface area (Å²) in [5.74, 6) is 1.60. The van der Waals surface area contributed by atoms with Gasteiger partial charge in [0.15, 0.2) is 0 Å². The standard InChI is InChI=1S/C14H17NO3/c1-18-13-3-2-11(8-15-13)14(17)6-9-4-12(16)5-10(9)7-14/h2-3,8-10,17H,4-7H2,1H3/t9-,10+,14?. The van der Waals surface area contributed by atoms with E-state index in [1.165, 1.54) is 0 Å². The first-order chi connectivity index (χ1) is 8.60. The average molecular weight is 247 g/mol. The van der Waals surface area contributed by atoms with E-state index < -0.39 is 5.60 Å². The van der Waals surface area contributed by atoms with Gasteiger partial charge in [0.2, 0.25) is 5.88 Å². The van der Waals surface area contributed by atoms with E-state index in [1.807, 2.05) is 6.07 Å². The number of hydrogen-bond donors (Lipinski definition) is 1. The van der Waals surface area contributed by atoms with E-state index in [0.29, 0.717) is 49.2 Å². The zero-order valence-electron chi connectivity index (χ0n) is 10.4. The summed E-state index contributed by atoms with van der Waals surface area (Å²) >= 11 is 0. The van der Waals surface area contributed by atoms with Crippen molar-refractivity contribution in [2.24, 2.45) is 11.8 Å². The van der Waals surface area contributed by atoms with Crippen LogP contribution >= 0.6 is 0 Å². The van der Waals surface area contributed by atoms with Crippen molar-refractivity contribution in [3.8, 4) is 5.88 Å². The van der Waals surface area contributed by atoms with Crippen LogP contribution in [0.3, 0.4) is 0 Å². The molecular weight excluding hydrogens is 230 g/mol. The first kappa shape index (κ1) is 11.7. The molecule has 0 saturated heterocycles. The molecule has 1 N–H and O–H groups in total. The van der Waals surface area contributed by atoms with E-state index in [9.17, 15) is 9.90 Å². The second kappa shape index (κ2) is 4.05. The first-order valence-electron chi connectivity index (χ1n) is 6.35. The highest BCUT2D eigenvalue weighted by molar-refractivity contribution is 5.81. The highest BCUT2D eigenvalue weighted by atomic mass is 16.5. The van der Waals surface area contributed by atoms with Crippen LogP contribution in [0, 0.1) is 11.8 Å². The van der Waals surface area contributed by atoms with Gasteiger partial charge in [0, 0.05) is 30.7 Å². The molecule has 3 rings (SSSR count). The Morgan fingerprint density at radius 2 is 2.00 bits per heavy atom. The van der Waals surface area contributed by atoms with Gasteiger partial charge in [-0.05, 0) is 30.7 Å². The number of fused-ring (bicyclic) bond motifs is 1. The first-order valence-corrected chi connectivity index (χ1v) is 6.35. The summed E-state index contributed by atoms with van der Waals surface area (Å²) in [7, 11) is 1.57. The number of carbonyl (C=O) groups is 1. The second-order valence-corrected chi connectivity index (χ2v) is 5.50. The molecule has 18 heavy (non-hydrogen) atoms. The van der Waals surface area contributed by atoms with Crippen molar-refractivity contribution in [1.29, 1.82) is 0 Å². The molecule has 0 radical (unpaired) electrons. The minimum absolute atomic E-state index is 0.347. The molecule has 0 bridgehead atoms. The fourth-order valence-electron chi connectivity index (χ4n) is 3.44. The number of carbonyl (C=O) groups excluding carboxylic acids is 1. The minimum Gasteiger partial charge on any atom is -0.481 e. The molecule has 4 heteroatoms. The predicted molar refractivity (Wildman–Crippen MR) is 65.1 cm³/mol. The maximum atomic E-state index is 11.4. The Bertz CT molecular complexity index is 452. The summed E-state index contributed by atoms with van der Waals surface area (Å²) in [4.78, 5) is 15.5. The van der Waals surface area contributed by atoms with Crippen LogP contribution in [-0.2, 0) is 10.4 Å². The SMILES string of the molecule is COc1ccc(C2(O)C[C@H]3CC(=O)C[C@H]3C2)cn1. The van der Waals surface area contributed by atoms with Gasteiger partial charge in [0.25, 0.3) is 0 Å². The van der Waals surface area contributed by atoms with Crippen LogP contribution in [0.1, 0.15) is 31.2 Å². The molecule has 2 aliphatic carbocycles. The van der Waals surface area contributed by atoms with Crippen molar-refractivity contribution >= 4 is 5.78 Å². The Labute approximate surface area is 106 Å². The third kappa shape index (κ3) is 1.81. The van der Waals surface area contributed by atoms with E-state index in [2.05, 4.69) is 4.98 Å². The lowest BCUT2D eigenvalue weighted by atomic mass is 9.90. The summed E-state index contributed by atoms with van der Waals surface area (Å²) in [6.07, 6.45) is 4.31. The van der Waals surface area contributed by atoms with E-state index in [-0.39, 0.29) is 0 Å². The molecule has 1 aromatic heterocycles. The van der Waals surface area contributed by atoms with Gasteiger partial charge in [-0.2, -0.15) is 0 Å². The summed E-state index contributed by atoms with van der Waals surface area (Å²) < 4.78 is 5.02. The molecule has 2 aliphatic rings. The van der Waals surface area contributed by atoms with Crippen LogP contribution in [-0.4, -0.2) is 23.0 Å². The third-order valence-corrected chi connectivity index (χ3v) is 4.33. The monoisotopic (exact) mass is 247 g/mol. The third-order valence-electron chi connectivity index (χ3n) is 4.33. The number of rotatable bonds is 2. The van der Waals surface area contributed by atoms with E-state index in [4.69, 9.17) is 4.74 Å². The molecule has 4 nitrogen and oxygen atoms in total. The van der Waals surface area contributed by atoms with Crippen LogP contribution in [0.4, 0.5) is 0 Å². The van der Waals surface area contributed by atoms with Gasteiger partial charge >= 0.3 is 0 Å². The molecule has 3 atom stereocenters. The van der Waals surface area contributed by atoms with E-state index in [1.54, 1.807) is 19.4 Å². The lowest BCUT2D eigenvalue weighted by molar-refractivity contribution is -0.118. The number of ether oxygens (including phenoxy) is 1. The number of aromatic nitrogens is 1. The van der Waals surface area contributed by atoms with Crippen LogP contribution in [0.15, 0.2) is 18.3 Å². The van der Waals surface area contributed by atoms with Crippen molar-refractivity contribution in [1.82, 2.24) is 4.98 Å². The summed E-state index contributed by atoms with van der Waals surface area (Å²) in [5, 5.41) is 10.7. The Kier molecular flexibility index (Phi) is 2.63. The largest absolute Gasteiger partial charge is 0.481 e. The number of methoxy groups -OCH3 is 1. The van der Waals surface area contributed by atoms with Crippen molar-refractivity contribution in [3.05, 3.63) is 23.9 Å². The molecule has 0 spiro atoms. The Morgan fingerprint density at radius 1 is 1.33 bits per heavy atom. The molecular formula is C14H17NO3. The normalized spacial score (nSPS) is 34.7. The molecule has 2 fully saturated rings. The van der Waals surface area contributed by atoms with Crippen LogP contribution in [0.25, 0.3) is 0 Å². The number of ketones is 1. The number of Topliss-reactive ketones (excluding diaryl/α,β-unsaturated/α-hetero) is 1. The Hall–Kier alpha value is -1.42. The van der Waals surface area contributed by atoms with Gasteiger partial charge in [0.05, 0.1) is 12.7 Å². The van der Waals surface area contributed by atoms with Gasteiger partial charge in [-0.1, -0.05) is 0 Å². The van der Waals surface area contributed by atoms with E-state index >= 15 is 0 Å². The molecule has 0 aromatic carbocycles. The zero-order valence-corrected chi connectivity index (χ0v) is 10.4. The van der Waals surface area contributed by atoms with Crippen molar-refractivity contribution < 1.29 is 14.6 Å². The molecule has 1 aromatic rings. The predicted octanol–water partition coefficient (Wildman–Crippen LogP) is 1.67. The van der Waals surface area contributed by atoms with E-state index in [0.717, 1.165) is 5.56 Å². The lowest BCUT2D eigenvalue weighted by Crippen LogP contribution is -2.23. The summed E-state index contributed by atoms with van der Waals surface area (Å²) in [5.41, 5.74) is 0.0279. The molecule has 1 unspecified atom stereocenters. The number of pyridine rings is 1. The van der Waals surface area contributed by atoms with Gasteiger partial charge < -0.3 is 9.84 Å². The number of hydrogen-bond acceptors (Lipinski definition) is 4. The van der Waals surface area contributed by atoms with Crippen LogP contribution in [0.5, 0.6) is 5.88 Å². The summed E-state index contributed by atoms with van der Waals surface area (Å²) in [6.45, 7) is 0. The lowest BCUT2D eigenvalue weighted by Gasteiger charge is -2.23. The molecule has 0 aliphatic heterocycles. The number of nitrogens with zero attached hydrogens (tertiary/aromatic N) is 1. The smallest absolute Gasteiger partial charge is 0.212 e. The summed E-state index contributed by atoms with van der Waals surface area (Å²) in [6, 6.07) is 3.64. The van der Waals surface area contributed by atoms with Gasteiger partial charge in [0.1, 0.15) is 5.78 Å². The minimum atomic E-state index is -0.810. The molecule has 1 heterocycles. The Morgan fingerprint density at radius 3 is 2.50 bits per heavy atom. The van der Waals surface area contributed by atoms with Crippen molar-refractivity contribution in [2.75, 3.05) is 7.11 Å². The zero-order chi connectivity index (χ0) is 12.8. The highest BCUT2D eigenvalue weighted by Crippen LogP contribution is 2.51. The van der Waals surface area contributed by atoms with Gasteiger partial charge in [-0.25, -0.2) is 4.98 Å². The second-order valence-electron chi connectivity index (χ2n) is 5.50. The average Bonchev–Trinajstić information content (AvgIpc) is 2.83. The van der Waals surface area contributed by atoms with Crippen LogP contribution in [0.2, 0.25) is 0 Å². The maximum Gasteiger partial charge on any atom is 0.212 e. The van der Waals surface area contributed by atoms with Gasteiger partial charge in [-0.15, -0.1) is 0 Å². The topological polar surface area (TPSA) is 59.4 Å².